The average Bonchev–Trinajstić information content (AvgIpc) is 2.68. The van der Waals surface area contributed by atoms with Crippen LogP contribution in [-0.2, 0) is 5.54 Å². The summed E-state index contributed by atoms with van der Waals surface area (Å²) in [4.78, 5) is 12.2. The normalized spacial score (nSPS) is 10.9. The third-order valence-corrected chi connectivity index (χ3v) is 4.05. The van der Waals surface area contributed by atoms with Crippen LogP contribution in [-0.4, -0.2) is 6.03 Å². The molecule has 0 radical (unpaired) electrons. The Morgan fingerprint density at radius 3 is 1.29 bits per heavy atom. The van der Waals surface area contributed by atoms with Crippen LogP contribution in [0.5, 0.6) is 0 Å². The third-order valence-electron chi connectivity index (χ3n) is 4.05. The molecule has 0 spiro atoms. The van der Waals surface area contributed by atoms with E-state index in [9.17, 15) is 4.79 Å². The molecule has 0 atom stereocenters. The van der Waals surface area contributed by atoms with Crippen LogP contribution >= 0.6 is 0 Å². The minimum Gasteiger partial charge on any atom is -0.319 e. The first-order valence-corrected chi connectivity index (χ1v) is 7.72. The van der Waals surface area contributed by atoms with Gasteiger partial charge in [0.25, 0.3) is 0 Å². The molecular formula is C20H19N3O. The summed E-state index contributed by atoms with van der Waals surface area (Å²) in [5.74, 6) is 5.35. The van der Waals surface area contributed by atoms with Gasteiger partial charge in [0, 0.05) is 0 Å². The van der Waals surface area contributed by atoms with Crippen LogP contribution in [0.15, 0.2) is 91.0 Å². The van der Waals surface area contributed by atoms with Gasteiger partial charge in [0.05, 0.1) is 0 Å². The van der Waals surface area contributed by atoms with E-state index in [1.165, 1.54) is 0 Å². The molecule has 3 aromatic carbocycles. The van der Waals surface area contributed by atoms with E-state index in [0.29, 0.717) is 0 Å². The van der Waals surface area contributed by atoms with Gasteiger partial charge in [0.15, 0.2) is 0 Å². The second-order valence-electron chi connectivity index (χ2n) is 5.45. The summed E-state index contributed by atoms with van der Waals surface area (Å²) < 4.78 is 0. The van der Waals surface area contributed by atoms with Crippen LogP contribution in [0, 0.1) is 0 Å². The van der Waals surface area contributed by atoms with Crippen LogP contribution in [0.3, 0.4) is 0 Å². The molecule has 0 fully saturated rings. The lowest BCUT2D eigenvalue weighted by Crippen LogP contribution is -2.53. The van der Waals surface area contributed by atoms with Gasteiger partial charge in [0.1, 0.15) is 5.54 Å². The van der Waals surface area contributed by atoms with E-state index in [0.717, 1.165) is 16.7 Å². The third kappa shape index (κ3) is 2.87. The summed E-state index contributed by atoms with van der Waals surface area (Å²) in [7, 11) is 0. The molecule has 3 aromatic rings. The quantitative estimate of drug-likeness (QED) is 0.299. The monoisotopic (exact) mass is 317 g/mol. The molecule has 0 bridgehead atoms. The van der Waals surface area contributed by atoms with Gasteiger partial charge in [-0.3, -0.25) is 5.43 Å². The van der Waals surface area contributed by atoms with Crippen LogP contribution in [0.1, 0.15) is 16.7 Å². The zero-order valence-corrected chi connectivity index (χ0v) is 13.1. The highest BCUT2D eigenvalue weighted by Gasteiger charge is 2.37. The maximum Gasteiger partial charge on any atom is 0.330 e. The standard InChI is InChI=1S/C20H19N3O/c21-23-19(24)22-20(16-10-4-1-5-11-16,17-12-6-2-7-13-17)18-14-8-3-9-15-18/h1-15H,21H2,(H2,22,23,24). The summed E-state index contributed by atoms with van der Waals surface area (Å²) in [5, 5.41) is 3.05. The summed E-state index contributed by atoms with van der Waals surface area (Å²) in [6.07, 6.45) is 0. The largest absolute Gasteiger partial charge is 0.330 e. The summed E-state index contributed by atoms with van der Waals surface area (Å²) in [6, 6.07) is 29.1. The lowest BCUT2D eigenvalue weighted by Gasteiger charge is -2.36. The average molecular weight is 317 g/mol. The highest BCUT2D eigenvalue weighted by molar-refractivity contribution is 5.76. The van der Waals surface area contributed by atoms with Gasteiger partial charge in [-0.2, -0.15) is 0 Å². The van der Waals surface area contributed by atoms with Gasteiger partial charge in [-0.05, 0) is 16.7 Å². The molecule has 0 heterocycles. The van der Waals surface area contributed by atoms with Gasteiger partial charge in [0.2, 0.25) is 0 Å². The van der Waals surface area contributed by atoms with Crippen molar-refractivity contribution in [2.24, 2.45) is 5.84 Å². The predicted molar refractivity (Wildman–Crippen MR) is 95.1 cm³/mol. The molecule has 3 rings (SSSR count). The number of carbonyl (C=O) groups is 1. The highest BCUT2D eigenvalue weighted by atomic mass is 16.2. The van der Waals surface area contributed by atoms with Gasteiger partial charge < -0.3 is 5.32 Å². The van der Waals surface area contributed by atoms with Crippen molar-refractivity contribution in [1.82, 2.24) is 10.7 Å². The molecule has 120 valence electrons. The molecule has 0 saturated carbocycles. The van der Waals surface area contributed by atoms with Crippen molar-refractivity contribution in [3.05, 3.63) is 108 Å². The number of urea groups is 1. The van der Waals surface area contributed by atoms with Gasteiger partial charge in [-0.15, -0.1) is 0 Å². The minimum atomic E-state index is -0.840. The fraction of sp³-hybridized carbons (Fsp3) is 0.0500. The summed E-state index contributed by atoms with van der Waals surface area (Å²) in [6.45, 7) is 0. The van der Waals surface area contributed by atoms with E-state index in [2.05, 4.69) is 10.7 Å². The van der Waals surface area contributed by atoms with E-state index < -0.39 is 11.6 Å². The Labute approximate surface area is 141 Å². The fourth-order valence-corrected chi connectivity index (χ4v) is 2.99. The Bertz CT molecular complexity index is 692. The molecule has 4 N–H and O–H groups in total. The molecule has 0 aliphatic carbocycles. The maximum absolute atomic E-state index is 12.2. The van der Waals surface area contributed by atoms with Crippen molar-refractivity contribution >= 4 is 6.03 Å². The first-order valence-electron chi connectivity index (χ1n) is 7.72. The van der Waals surface area contributed by atoms with Crippen molar-refractivity contribution in [1.29, 1.82) is 0 Å². The number of hydrogen-bond acceptors (Lipinski definition) is 2. The Kier molecular flexibility index (Phi) is 4.59. The predicted octanol–water partition coefficient (Wildman–Crippen LogP) is 3.15. The highest BCUT2D eigenvalue weighted by Crippen LogP contribution is 2.36. The number of nitrogens with one attached hydrogen (secondary N) is 2. The Morgan fingerprint density at radius 1 is 0.667 bits per heavy atom. The van der Waals surface area contributed by atoms with Gasteiger partial charge in [-0.25, -0.2) is 10.6 Å². The maximum atomic E-state index is 12.2. The molecule has 0 aromatic heterocycles. The number of rotatable bonds is 4. The van der Waals surface area contributed by atoms with Gasteiger partial charge in [-0.1, -0.05) is 91.0 Å². The smallest absolute Gasteiger partial charge is 0.319 e. The first-order chi connectivity index (χ1) is 11.8. The van der Waals surface area contributed by atoms with E-state index in [-0.39, 0.29) is 0 Å². The SMILES string of the molecule is NNC(=O)NC(c1ccccc1)(c1ccccc1)c1ccccc1. The van der Waals surface area contributed by atoms with Crippen LogP contribution in [0.2, 0.25) is 0 Å². The fourth-order valence-electron chi connectivity index (χ4n) is 2.99. The Hall–Kier alpha value is -3.11. The van der Waals surface area contributed by atoms with E-state index >= 15 is 0 Å². The minimum absolute atomic E-state index is 0.452. The van der Waals surface area contributed by atoms with E-state index in [4.69, 9.17) is 5.84 Å². The number of benzene rings is 3. The Morgan fingerprint density at radius 2 is 1.00 bits per heavy atom. The molecule has 4 nitrogen and oxygen atoms in total. The van der Waals surface area contributed by atoms with Crippen molar-refractivity contribution in [2.45, 2.75) is 5.54 Å². The van der Waals surface area contributed by atoms with Gasteiger partial charge >= 0.3 is 6.03 Å². The molecule has 0 aliphatic rings. The van der Waals surface area contributed by atoms with Crippen LogP contribution in [0.4, 0.5) is 4.79 Å². The van der Waals surface area contributed by atoms with Crippen LogP contribution in [0.25, 0.3) is 0 Å². The summed E-state index contributed by atoms with van der Waals surface area (Å²) in [5.41, 5.74) is 4.19. The number of amides is 2. The van der Waals surface area contributed by atoms with Crippen molar-refractivity contribution in [3.8, 4) is 0 Å². The Balaban J connectivity index is 2.30. The number of hydrogen-bond donors (Lipinski definition) is 3. The van der Waals surface area contributed by atoms with Crippen molar-refractivity contribution in [2.75, 3.05) is 0 Å². The van der Waals surface area contributed by atoms with E-state index in [1.54, 1.807) is 0 Å². The number of nitrogens with two attached hydrogens (primary N) is 1. The lowest BCUT2D eigenvalue weighted by atomic mass is 9.77. The molecule has 4 heteroatoms. The zero-order valence-electron chi connectivity index (χ0n) is 13.1. The topological polar surface area (TPSA) is 67.1 Å². The number of hydrazine groups is 1. The molecule has 0 saturated heterocycles. The molecule has 24 heavy (non-hydrogen) atoms. The lowest BCUT2D eigenvalue weighted by molar-refractivity contribution is 0.234. The van der Waals surface area contributed by atoms with Crippen LogP contribution < -0.4 is 16.6 Å². The molecular weight excluding hydrogens is 298 g/mol. The van der Waals surface area contributed by atoms with Crippen molar-refractivity contribution < 1.29 is 4.79 Å². The van der Waals surface area contributed by atoms with E-state index in [1.807, 2.05) is 91.0 Å². The van der Waals surface area contributed by atoms with Crippen molar-refractivity contribution in [3.63, 3.8) is 0 Å². The molecule has 0 aliphatic heterocycles. The first kappa shape index (κ1) is 15.8. The second kappa shape index (κ2) is 6.98. The zero-order chi connectivity index (χ0) is 16.8. The molecule has 0 unspecified atom stereocenters. The summed E-state index contributed by atoms with van der Waals surface area (Å²) >= 11 is 0. The number of carbonyl (C=O) groups excluding carboxylic acids is 1. The second-order valence-corrected chi connectivity index (χ2v) is 5.45. The molecule has 2 amide bonds.